The van der Waals surface area contributed by atoms with E-state index in [-0.39, 0.29) is 23.4 Å². The number of phenols is 1. The number of carboxylic acid groups (broad SMARTS) is 1. The lowest BCUT2D eigenvalue weighted by molar-refractivity contribution is -0.115. The molecule has 2 aromatic heterocycles. The molecule has 0 aliphatic rings. The zero-order valence-electron chi connectivity index (χ0n) is 12.2. The average Bonchev–Trinajstić information content (AvgIpc) is 2.90. The number of rotatable bonds is 4. The number of anilines is 1. The van der Waals surface area contributed by atoms with Crippen molar-refractivity contribution >= 4 is 23.2 Å². The lowest BCUT2D eigenvalue weighted by Gasteiger charge is -2.06. The summed E-state index contributed by atoms with van der Waals surface area (Å²) in [6.45, 7) is 0. The number of halogens is 1. The number of carbonyl (C=O) groups is 2. The summed E-state index contributed by atoms with van der Waals surface area (Å²) < 4.78 is 14.6. The number of imidazole rings is 1. The van der Waals surface area contributed by atoms with Gasteiger partial charge in [0.1, 0.15) is 22.8 Å². The minimum absolute atomic E-state index is 0.0629. The Morgan fingerprint density at radius 2 is 2.00 bits per heavy atom. The number of amides is 1. The third-order valence-corrected chi connectivity index (χ3v) is 3.32. The summed E-state index contributed by atoms with van der Waals surface area (Å²) in [6, 6.07) is 6.51. The quantitative estimate of drug-likeness (QED) is 0.636. The van der Waals surface area contributed by atoms with Crippen LogP contribution in [0.15, 0.2) is 42.7 Å². The first-order valence-electron chi connectivity index (χ1n) is 6.91. The van der Waals surface area contributed by atoms with Crippen LogP contribution in [-0.4, -0.2) is 31.5 Å². The maximum absolute atomic E-state index is 13.1. The lowest BCUT2D eigenvalue weighted by atomic mass is 10.1. The molecule has 122 valence electrons. The second-order valence-electron chi connectivity index (χ2n) is 5.11. The van der Waals surface area contributed by atoms with Crippen LogP contribution in [0.25, 0.3) is 5.65 Å². The number of aromatic hydroxyl groups is 1. The maximum Gasteiger partial charge on any atom is 0.339 e. The first-order chi connectivity index (χ1) is 11.4. The van der Waals surface area contributed by atoms with Crippen LogP contribution in [0.1, 0.15) is 16.1 Å². The van der Waals surface area contributed by atoms with E-state index in [1.165, 1.54) is 41.1 Å². The van der Waals surface area contributed by atoms with Crippen LogP contribution in [0.4, 0.5) is 10.1 Å². The van der Waals surface area contributed by atoms with Gasteiger partial charge in [0.05, 0.1) is 12.1 Å². The number of aromatic nitrogens is 2. The van der Waals surface area contributed by atoms with Crippen LogP contribution >= 0.6 is 0 Å². The van der Waals surface area contributed by atoms with Crippen molar-refractivity contribution in [3.8, 4) is 5.75 Å². The fourth-order valence-corrected chi connectivity index (χ4v) is 2.26. The summed E-state index contributed by atoms with van der Waals surface area (Å²) in [5.74, 6) is -2.52. The minimum atomic E-state index is -1.30. The topological polar surface area (TPSA) is 104 Å². The predicted molar refractivity (Wildman–Crippen MR) is 82.5 cm³/mol. The number of hydrogen-bond acceptors (Lipinski definition) is 4. The van der Waals surface area contributed by atoms with Crippen molar-refractivity contribution in [2.45, 2.75) is 6.42 Å². The van der Waals surface area contributed by atoms with E-state index in [2.05, 4.69) is 10.3 Å². The SMILES string of the molecule is O=C(Cc1cn2cc(F)ccc2n1)Nc1ccc(O)c(C(=O)O)c1. The van der Waals surface area contributed by atoms with Crippen LogP contribution in [0.2, 0.25) is 0 Å². The molecule has 3 N–H and O–H groups in total. The molecule has 2 heterocycles. The van der Waals surface area contributed by atoms with Gasteiger partial charge in [-0.25, -0.2) is 14.2 Å². The van der Waals surface area contributed by atoms with Crippen molar-refractivity contribution in [1.29, 1.82) is 0 Å². The van der Waals surface area contributed by atoms with Gasteiger partial charge in [-0.15, -0.1) is 0 Å². The molecule has 0 aliphatic heterocycles. The van der Waals surface area contributed by atoms with E-state index in [4.69, 9.17) is 5.11 Å². The molecular weight excluding hydrogens is 317 g/mol. The summed E-state index contributed by atoms with van der Waals surface area (Å²) in [7, 11) is 0. The lowest BCUT2D eigenvalue weighted by Crippen LogP contribution is -2.15. The van der Waals surface area contributed by atoms with Crippen LogP contribution < -0.4 is 5.32 Å². The Balaban J connectivity index is 1.75. The molecule has 0 radical (unpaired) electrons. The zero-order chi connectivity index (χ0) is 17.3. The monoisotopic (exact) mass is 329 g/mol. The Morgan fingerprint density at radius 1 is 1.21 bits per heavy atom. The number of nitrogens with zero attached hydrogens (tertiary/aromatic N) is 2. The summed E-state index contributed by atoms with van der Waals surface area (Å²) in [5, 5.41) is 20.9. The second-order valence-corrected chi connectivity index (χ2v) is 5.11. The number of hydrogen-bond donors (Lipinski definition) is 3. The molecule has 0 aliphatic carbocycles. The Kier molecular flexibility index (Phi) is 3.87. The highest BCUT2D eigenvalue weighted by molar-refractivity contribution is 5.96. The van der Waals surface area contributed by atoms with Gasteiger partial charge in [-0.1, -0.05) is 0 Å². The molecule has 24 heavy (non-hydrogen) atoms. The van der Waals surface area contributed by atoms with E-state index in [9.17, 15) is 19.1 Å². The first-order valence-corrected chi connectivity index (χ1v) is 6.91. The van der Waals surface area contributed by atoms with Gasteiger partial charge < -0.3 is 19.9 Å². The molecule has 1 amide bonds. The molecule has 7 nitrogen and oxygen atoms in total. The number of aromatic carboxylic acids is 1. The summed E-state index contributed by atoms with van der Waals surface area (Å²) in [5.41, 5.74) is 0.883. The largest absolute Gasteiger partial charge is 0.507 e. The molecule has 0 unspecified atom stereocenters. The summed E-state index contributed by atoms with van der Waals surface area (Å²) >= 11 is 0. The normalized spacial score (nSPS) is 10.7. The van der Waals surface area contributed by atoms with Gasteiger partial charge in [0.2, 0.25) is 5.91 Å². The van der Waals surface area contributed by atoms with Gasteiger partial charge in [-0.3, -0.25) is 4.79 Å². The first kappa shape index (κ1) is 15.5. The number of pyridine rings is 1. The van der Waals surface area contributed by atoms with E-state index < -0.39 is 17.7 Å². The molecule has 3 aromatic rings. The Morgan fingerprint density at radius 3 is 2.75 bits per heavy atom. The van der Waals surface area contributed by atoms with Gasteiger partial charge in [0.25, 0.3) is 0 Å². The highest BCUT2D eigenvalue weighted by Gasteiger charge is 2.13. The summed E-state index contributed by atoms with van der Waals surface area (Å²) in [4.78, 5) is 27.2. The van der Waals surface area contributed by atoms with Crippen LogP contribution in [0.3, 0.4) is 0 Å². The predicted octanol–water partition coefficient (Wildman–Crippen LogP) is 2.06. The van der Waals surface area contributed by atoms with Gasteiger partial charge in [0.15, 0.2) is 0 Å². The highest BCUT2D eigenvalue weighted by Crippen LogP contribution is 2.21. The molecule has 0 atom stereocenters. The van der Waals surface area contributed by atoms with E-state index in [1.807, 2.05) is 0 Å². The highest BCUT2D eigenvalue weighted by atomic mass is 19.1. The molecule has 3 rings (SSSR count). The van der Waals surface area contributed by atoms with Crippen molar-refractivity contribution in [1.82, 2.24) is 9.38 Å². The Labute approximate surface area is 135 Å². The van der Waals surface area contributed by atoms with E-state index in [1.54, 1.807) is 0 Å². The van der Waals surface area contributed by atoms with Crippen LogP contribution in [0, 0.1) is 5.82 Å². The number of carbonyl (C=O) groups excluding carboxylic acids is 1. The number of fused-ring (bicyclic) bond motifs is 1. The van der Waals surface area contributed by atoms with Crippen molar-refractivity contribution in [3.05, 3.63) is 59.8 Å². The van der Waals surface area contributed by atoms with Crippen LogP contribution in [-0.2, 0) is 11.2 Å². The van der Waals surface area contributed by atoms with Crippen molar-refractivity contribution < 1.29 is 24.2 Å². The second kappa shape index (κ2) is 5.99. The average molecular weight is 329 g/mol. The fourth-order valence-electron chi connectivity index (χ4n) is 2.26. The molecule has 0 bridgehead atoms. The third-order valence-electron chi connectivity index (χ3n) is 3.32. The Hall–Kier alpha value is -3.42. The molecule has 8 heteroatoms. The molecule has 0 fully saturated rings. The number of benzene rings is 1. The molecular formula is C16H12FN3O4. The summed E-state index contributed by atoms with van der Waals surface area (Å²) in [6.07, 6.45) is 2.73. The van der Waals surface area contributed by atoms with Crippen molar-refractivity contribution in [2.24, 2.45) is 0 Å². The maximum atomic E-state index is 13.1. The molecule has 0 saturated carbocycles. The van der Waals surface area contributed by atoms with Crippen molar-refractivity contribution in [2.75, 3.05) is 5.32 Å². The third kappa shape index (κ3) is 3.17. The van der Waals surface area contributed by atoms with Crippen LogP contribution in [0.5, 0.6) is 5.75 Å². The Bertz CT molecular complexity index is 952. The van der Waals surface area contributed by atoms with E-state index >= 15 is 0 Å². The molecule has 0 saturated heterocycles. The van der Waals surface area contributed by atoms with Gasteiger partial charge in [-0.2, -0.15) is 0 Å². The standard InChI is InChI=1S/C16H12FN3O4/c17-9-1-4-14-18-11(8-20(14)7-9)6-15(22)19-10-2-3-13(21)12(5-10)16(23)24/h1-5,7-8,21H,6H2,(H,19,22)(H,23,24). The smallest absolute Gasteiger partial charge is 0.339 e. The van der Waals surface area contributed by atoms with E-state index in [0.29, 0.717) is 11.3 Å². The number of carboxylic acids is 1. The van der Waals surface area contributed by atoms with Gasteiger partial charge in [0, 0.05) is 18.1 Å². The zero-order valence-corrected chi connectivity index (χ0v) is 12.2. The van der Waals surface area contributed by atoms with Gasteiger partial charge in [-0.05, 0) is 30.3 Å². The minimum Gasteiger partial charge on any atom is -0.507 e. The molecule has 0 spiro atoms. The van der Waals surface area contributed by atoms with Gasteiger partial charge >= 0.3 is 5.97 Å². The van der Waals surface area contributed by atoms with E-state index in [0.717, 1.165) is 6.07 Å². The number of nitrogens with one attached hydrogen (secondary N) is 1. The molecule has 1 aromatic carbocycles. The van der Waals surface area contributed by atoms with Crippen molar-refractivity contribution in [3.63, 3.8) is 0 Å². The fraction of sp³-hybridized carbons (Fsp3) is 0.0625.